The number of nitrogens with zero attached hydrogens (tertiary/aromatic N) is 1. The van der Waals surface area contributed by atoms with Crippen LogP contribution in [0.3, 0.4) is 0 Å². The first-order chi connectivity index (χ1) is 7.56. The van der Waals surface area contributed by atoms with E-state index in [4.69, 9.17) is 5.11 Å². The van der Waals surface area contributed by atoms with Gasteiger partial charge in [0.05, 0.1) is 5.88 Å². The molecule has 0 aromatic heterocycles. The highest BCUT2D eigenvalue weighted by Crippen LogP contribution is 2.20. The van der Waals surface area contributed by atoms with Gasteiger partial charge in [0.1, 0.15) is 6.04 Å². The van der Waals surface area contributed by atoms with Gasteiger partial charge in [0.2, 0.25) is 0 Å². The predicted octanol–water partition coefficient (Wildman–Crippen LogP) is 1.20. The highest BCUT2D eigenvalue weighted by atomic mass is 32.2. The number of thioether (sulfide) groups is 1. The molecule has 1 heterocycles. The Kier molecular flexibility index (Phi) is 4.92. The minimum atomic E-state index is -0.927. The third-order valence-electron chi connectivity index (χ3n) is 2.73. The van der Waals surface area contributed by atoms with E-state index in [-0.39, 0.29) is 6.03 Å². The normalized spacial score (nSPS) is 21.9. The van der Waals surface area contributed by atoms with E-state index in [0.29, 0.717) is 24.1 Å². The number of nitrogens with one attached hydrogen (secondary N) is 1. The van der Waals surface area contributed by atoms with Crippen molar-refractivity contribution >= 4 is 23.8 Å². The smallest absolute Gasteiger partial charge is 0.327 e. The molecule has 0 aliphatic carbocycles. The maximum atomic E-state index is 11.7. The van der Waals surface area contributed by atoms with Crippen LogP contribution in [0.1, 0.15) is 20.3 Å². The van der Waals surface area contributed by atoms with Gasteiger partial charge in [0.25, 0.3) is 0 Å². The van der Waals surface area contributed by atoms with E-state index in [1.807, 2.05) is 6.92 Å². The molecule has 6 heteroatoms. The summed E-state index contributed by atoms with van der Waals surface area (Å²) in [5.41, 5.74) is 0. The Morgan fingerprint density at radius 1 is 1.62 bits per heavy atom. The Hall–Kier alpha value is -0.910. The number of carboxylic acid groups (broad SMARTS) is 1. The Balaban J connectivity index is 2.44. The van der Waals surface area contributed by atoms with Crippen LogP contribution < -0.4 is 5.32 Å². The second-order valence-electron chi connectivity index (χ2n) is 4.02. The number of urea groups is 1. The van der Waals surface area contributed by atoms with E-state index in [0.717, 1.165) is 6.42 Å². The van der Waals surface area contributed by atoms with Crippen LogP contribution in [0.4, 0.5) is 4.79 Å². The summed E-state index contributed by atoms with van der Waals surface area (Å²) in [5, 5.41) is 11.7. The number of hydrogen-bond acceptors (Lipinski definition) is 3. The van der Waals surface area contributed by atoms with Crippen molar-refractivity contribution in [1.82, 2.24) is 10.2 Å². The summed E-state index contributed by atoms with van der Waals surface area (Å²) in [6, 6.07) is -0.945. The van der Waals surface area contributed by atoms with Crippen molar-refractivity contribution in [3.8, 4) is 0 Å². The molecule has 1 aliphatic rings. The Morgan fingerprint density at radius 2 is 2.31 bits per heavy atom. The molecule has 0 aromatic carbocycles. The van der Waals surface area contributed by atoms with Gasteiger partial charge in [0.15, 0.2) is 0 Å². The van der Waals surface area contributed by atoms with Crippen LogP contribution in [0.15, 0.2) is 0 Å². The van der Waals surface area contributed by atoms with Gasteiger partial charge in [0, 0.05) is 12.3 Å². The standard InChI is InChI=1S/C10H18N2O3S/c1-3-7(2)4-11-10(15)12-6-16-5-8(12)9(13)14/h7-8H,3-6H2,1-2H3,(H,11,15)(H,13,14)/t7?,8-/m0/s1. The van der Waals surface area contributed by atoms with Crippen LogP contribution in [-0.2, 0) is 4.79 Å². The monoisotopic (exact) mass is 246 g/mol. The molecule has 2 amide bonds. The molecule has 0 bridgehead atoms. The van der Waals surface area contributed by atoms with E-state index in [1.165, 1.54) is 16.7 Å². The molecule has 1 aliphatic heterocycles. The summed E-state index contributed by atoms with van der Waals surface area (Å²) in [5.74, 6) is 0.432. The van der Waals surface area contributed by atoms with Gasteiger partial charge in [-0.1, -0.05) is 20.3 Å². The molecule has 0 radical (unpaired) electrons. The second kappa shape index (κ2) is 5.98. The molecule has 1 fully saturated rings. The fourth-order valence-corrected chi connectivity index (χ4v) is 2.50. The minimum absolute atomic E-state index is 0.266. The number of carbonyl (C=O) groups excluding carboxylic acids is 1. The van der Waals surface area contributed by atoms with Gasteiger partial charge < -0.3 is 15.3 Å². The van der Waals surface area contributed by atoms with Crippen LogP contribution in [0, 0.1) is 5.92 Å². The maximum Gasteiger partial charge on any atom is 0.327 e. The summed E-state index contributed by atoms with van der Waals surface area (Å²) < 4.78 is 0. The van der Waals surface area contributed by atoms with Crippen LogP contribution in [0.25, 0.3) is 0 Å². The van der Waals surface area contributed by atoms with Gasteiger partial charge in [-0.05, 0) is 5.92 Å². The van der Waals surface area contributed by atoms with Crippen LogP contribution in [0.2, 0.25) is 0 Å². The lowest BCUT2D eigenvalue weighted by atomic mass is 10.1. The molecular formula is C10H18N2O3S. The third kappa shape index (κ3) is 3.30. The van der Waals surface area contributed by atoms with Crippen molar-refractivity contribution in [3.05, 3.63) is 0 Å². The zero-order valence-electron chi connectivity index (χ0n) is 9.60. The van der Waals surface area contributed by atoms with Crippen molar-refractivity contribution in [2.45, 2.75) is 26.3 Å². The maximum absolute atomic E-state index is 11.7. The number of aliphatic carboxylic acids is 1. The lowest BCUT2D eigenvalue weighted by Crippen LogP contribution is -2.47. The van der Waals surface area contributed by atoms with Gasteiger partial charge in [-0.25, -0.2) is 9.59 Å². The first-order valence-electron chi connectivity index (χ1n) is 5.41. The Bertz CT molecular complexity index is 273. The first kappa shape index (κ1) is 13.2. The number of rotatable bonds is 4. The molecule has 16 heavy (non-hydrogen) atoms. The van der Waals surface area contributed by atoms with Crippen molar-refractivity contribution in [2.75, 3.05) is 18.2 Å². The summed E-state index contributed by atoms with van der Waals surface area (Å²) in [6.45, 7) is 4.71. The fraction of sp³-hybridized carbons (Fsp3) is 0.800. The first-order valence-corrected chi connectivity index (χ1v) is 6.56. The van der Waals surface area contributed by atoms with E-state index < -0.39 is 12.0 Å². The molecule has 1 unspecified atom stereocenters. The van der Waals surface area contributed by atoms with Crippen LogP contribution in [0.5, 0.6) is 0 Å². The average Bonchev–Trinajstić information content (AvgIpc) is 2.74. The average molecular weight is 246 g/mol. The Morgan fingerprint density at radius 3 is 2.88 bits per heavy atom. The highest BCUT2D eigenvalue weighted by molar-refractivity contribution is 7.99. The molecule has 0 spiro atoms. The lowest BCUT2D eigenvalue weighted by molar-refractivity contribution is -0.140. The second-order valence-corrected chi connectivity index (χ2v) is 5.02. The summed E-state index contributed by atoms with van der Waals surface area (Å²) in [6.07, 6.45) is 0.997. The fourth-order valence-electron chi connectivity index (χ4n) is 1.35. The number of carboxylic acids is 1. The third-order valence-corrected chi connectivity index (χ3v) is 3.74. The molecule has 92 valence electrons. The largest absolute Gasteiger partial charge is 0.480 e. The zero-order valence-corrected chi connectivity index (χ0v) is 10.4. The summed E-state index contributed by atoms with van der Waals surface area (Å²) in [4.78, 5) is 24.0. The highest BCUT2D eigenvalue weighted by Gasteiger charge is 2.34. The minimum Gasteiger partial charge on any atom is -0.480 e. The van der Waals surface area contributed by atoms with E-state index in [2.05, 4.69) is 12.2 Å². The molecule has 0 saturated carbocycles. The van der Waals surface area contributed by atoms with Gasteiger partial charge in [-0.15, -0.1) is 11.8 Å². The number of carbonyl (C=O) groups is 2. The topological polar surface area (TPSA) is 69.6 Å². The summed E-state index contributed by atoms with van der Waals surface area (Å²) in [7, 11) is 0. The van der Waals surface area contributed by atoms with E-state index >= 15 is 0 Å². The molecule has 1 rings (SSSR count). The molecule has 1 saturated heterocycles. The van der Waals surface area contributed by atoms with Crippen molar-refractivity contribution in [1.29, 1.82) is 0 Å². The predicted molar refractivity (Wildman–Crippen MR) is 63.4 cm³/mol. The van der Waals surface area contributed by atoms with Gasteiger partial charge >= 0.3 is 12.0 Å². The lowest BCUT2D eigenvalue weighted by Gasteiger charge is -2.21. The van der Waals surface area contributed by atoms with E-state index in [1.54, 1.807) is 0 Å². The van der Waals surface area contributed by atoms with Crippen molar-refractivity contribution in [2.24, 2.45) is 5.92 Å². The SMILES string of the molecule is CCC(C)CNC(=O)N1CSC[C@H]1C(=O)O. The van der Waals surface area contributed by atoms with Gasteiger partial charge in [-0.2, -0.15) is 0 Å². The molecular weight excluding hydrogens is 228 g/mol. The number of hydrogen-bond donors (Lipinski definition) is 2. The molecule has 2 atom stereocenters. The van der Waals surface area contributed by atoms with Crippen molar-refractivity contribution in [3.63, 3.8) is 0 Å². The summed E-state index contributed by atoms with van der Waals surface area (Å²) >= 11 is 1.47. The molecule has 2 N–H and O–H groups in total. The van der Waals surface area contributed by atoms with Gasteiger partial charge in [-0.3, -0.25) is 0 Å². The van der Waals surface area contributed by atoms with Crippen LogP contribution in [-0.4, -0.2) is 46.2 Å². The zero-order chi connectivity index (χ0) is 12.1. The quantitative estimate of drug-likeness (QED) is 0.782. The molecule has 5 nitrogen and oxygen atoms in total. The molecule has 0 aromatic rings. The van der Waals surface area contributed by atoms with E-state index in [9.17, 15) is 9.59 Å². The number of amides is 2. The van der Waals surface area contributed by atoms with Crippen molar-refractivity contribution < 1.29 is 14.7 Å². The Labute approximate surface area is 99.6 Å². The van der Waals surface area contributed by atoms with Crippen LogP contribution >= 0.6 is 11.8 Å².